The molecule has 1 amide bonds. The Morgan fingerprint density at radius 2 is 2.03 bits per heavy atom. The molecule has 1 atom stereocenters. The third kappa shape index (κ3) is 3.41. The van der Waals surface area contributed by atoms with E-state index < -0.39 is 0 Å². The van der Waals surface area contributed by atoms with E-state index in [2.05, 4.69) is 15.3 Å². The standard InChI is InChI=1S/C21H20FN5O3/c1-13-18(27(25-24-13)16-5-3-15(22)4-6-16)12-30-20-7-2-14-10-26(11-17(14)23-20)21(28)19-8-9-29-19/h2-7,19H,8-12H2,1H3. The fourth-order valence-corrected chi connectivity index (χ4v) is 3.58. The second-order valence-electron chi connectivity index (χ2n) is 7.40. The number of rotatable bonds is 5. The molecule has 0 radical (unpaired) electrons. The third-order valence-corrected chi connectivity index (χ3v) is 5.42. The fourth-order valence-electron chi connectivity index (χ4n) is 3.58. The van der Waals surface area contributed by atoms with Crippen LogP contribution in [0, 0.1) is 12.7 Å². The zero-order valence-electron chi connectivity index (χ0n) is 16.4. The highest BCUT2D eigenvalue weighted by Crippen LogP contribution is 2.27. The lowest BCUT2D eigenvalue weighted by molar-refractivity contribution is -0.156. The van der Waals surface area contributed by atoms with Crippen LogP contribution in [0.2, 0.25) is 0 Å². The molecule has 1 unspecified atom stereocenters. The molecule has 0 bridgehead atoms. The highest BCUT2D eigenvalue weighted by atomic mass is 19.1. The van der Waals surface area contributed by atoms with Gasteiger partial charge in [-0.05, 0) is 42.8 Å². The maximum atomic E-state index is 13.2. The van der Waals surface area contributed by atoms with Crippen molar-refractivity contribution in [2.24, 2.45) is 0 Å². The van der Waals surface area contributed by atoms with Crippen molar-refractivity contribution in [1.29, 1.82) is 0 Å². The van der Waals surface area contributed by atoms with E-state index in [1.165, 1.54) is 12.1 Å². The van der Waals surface area contributed by atoms with Gasteiger partial charge in [-0.25, -0.2) is 14.1 Å². The van der Waals surface area contributed by atoms with Gasteiger partial charge >= 0.3 is 0 Å². The number of hydrogen-bond acceptors (Lipinski definition) is 6. The largest absolute Gasteiger partial charge is 0.471 e. The predicted molar refractivity (Wildman–Crippen MR) is 103 cm³/mol. The minimum absolute atomic E-state index is 0.0200. The van der Waals surface area contributed by atoms with Crippen LogP contribution in [0.5, 0.6) is 5.88 Å². The van der Waals surface area contributed by atoms with Crippen molar-refractivity contribution < 1.29 is 18.7 Å². The number of fused-ring (bicyclic) bond motifs is 1. The van der Waals surface area contributed by atoms with Crippen molar-refractivity contribution in [1.82, 2.24) is 24.9 Å². The smallest absolute Gasteiger partial charge is 0.252 e. The number of aryl methyl sites for hydroxylation is 1. The lowest BCUT2D eigenvalue weighted by Crippen LogP contribution is -2.43. The summed E-state index contributed by atoms with van der Waals surface area (Å²) in [5, 5.41) is 8.24. The molecule has 154 valence electrons. The van der Waals surface area contributed by atoms with Gasteiger partial charge in [0, 0.05) is 19.0 Å². The van der Waals surface area contributed by atoms with E-state index in [-0.39, 0.29) is 24.4 Å². The Morgan fingerprint density at radius 1 is 1.23 bits per heavy atom. The zero-order chi connectivity index (χ0) is 20.7. The van der Waals surface area contributed by atoms with Gasteiger partial charge in [0.25, 0.3) is 5.91 Å². The molecule has 0 saturated carbocycles. The van der Waals surface area contributed by atoms with Crippen LogP contribution in [0.1, 0.15) is 29.1 Å². The average molecular weight is 409 g/mol. The molecule has 1 fully saturated rings. The van der Waals surface area contributed by atoms with Crippen molar-refractivity contribution in [3.8, 4) is 11.6 Å². The van der Waals surface area contributed by atoms with Crippen LogP contribution in [0.3, 0.4) is 0 Å². The SMILES string of the molecule is Cc1nnn(-c2ccc(F)cc2)c1COc1ccc2c(n1)CN(C(=O)C1CCO1)C2. The summed E-state index contributed by atoms with van der Waals surface area (Å²) in [6.45, 7) is 3.70. The summed E-state index contributed by atoms with van der Waals surface area (Å²) in [5.41, 5.74) is 4.02. The predicted octanol–water partition coefficient (Wildman–Crippen LogP) is 2.32. The molecule has 9 heteroatoms. The van der Waals surface area contributed by atoms with Gasteiger partial charge in [-0.15, -0.1) is 5.10 Å². The Balaban J connectivity index is 1.29. The van der Waals surface area contributed by atoms with Crippen LogP contribution >= 0.6 is 0 Å². The molecule has 8 nitrogen and oxygen atoms in total. The molecule has 3 aromatic rings. The molecule has 30 heavy (non-hydrogen) atoms. The van der Waals surface area contributed by atoms with Crippen molar-refractivity contribution in [3.63, 3.8) is 0 Å². The van der Waals surface area contributed by atoms with E-state index in [0.29, 0.717) is 31.3 Å². The first kappa shape index (κ1) is 18.7. The van der Waals surface area contributed by atoms with Gasteiger partial charge in [-0.1, -0.05) is 5.21 Å². The van der Waals surface area contributed by atoms with Crippen LogP contribution in [-0.4, -0.2) is 43.5 Å². The topological polar surface area (TPSA) is 82.4 Å². The summed E-state index contributed by atoms with van der Waals surface area (Å²) in [6.07, 6.45) is 0.472. The first-order valence-corrected chi connectivity index (χ1v) is 9.77. The molecule has 0 aliphatic carbocycles. The second-order valence-corrected chi connectivity index (χ2v) is 7.40. The maximum absolute atomic E-state index is 13.2. The van der Waals surface area contributed by atoms with Gasteiger partial charge < -0.3 is 14.4 Å². The van der Waals surface area contributed by atoms with E-state index in [4.69, 9.17) is 9.47 Å². The van der Waals surface area contributed by atoms with Crippen molar-refractivity contribution in [2.45, 2.75) is 39.1 Å². The first-order valence-electron chi connectivity index (χ1n) is 9.77. The van der Waals surface area contributed by atoms with E-state index in [9.17, 15) is 9.18 Å². The molecule has 2 aliphatic rings. The van der Waals surface area contributed by atoms with Gasteiger partial charge in [0.15, 0.2) is 0 Å². The Hall–Kier alpha value is -3.33. The molecule has 4 heterocycles. The molecule has 5 rings (SSSR count). The number of ether oxygens (including phenoxy) is 2. The molecular weight excluding hydrogens is 389 g/mol. The Bertz CT molecular complexity index is 1090. The van der Waals surface area contributed by atoms with Gasteiger partial charge in [0.2, 0.25) is 5.88 Å². The van der Waals surface area contributed by atoms with E-state index in [1.54, 1.807) is 27.8 Å². The normalized spacial score (nSPS) is 17.5. The number of benzene rings is 1. The zero-order valence-corrected chi connectivity index (χ0v) is 16.4. The van der Waals surface area contributed by atoms with Crippen LogP contribution in [-0.2, 0) is 29.2 Å². The molecule has 0 spiro atoms. The number of halogens is 1. The highest BCUT2D eigenvalue weighted by molar-refractivity contribution is 5.82. The average Bonchev–Trinajstić information content (AvgIpc) is 3.29. The third-order valence-electron chi connectivity index (χ3n) is 5.42. The van der Waals surface area contributed by atoms with Crippen molar-refractivity contribution >= 4 is 5.91 Å². The number of nitrogens with zero attached hydrogens (tertiary/aromatic N) is 5. The molecule has 0 N–H and O–H groups in total. The summed E-state index contributed by atoms with van der Waals surface area (Å²) >= 11 is 0. The Labute approximate surface area is 172 Å². The fraction of sp³-hybridized carbons (Fsp3) is 0.333. The number of pyridine rings is 1. The number of carbonyl (C=O) groups excluding carboxylic acids is 1. The van der Waals surface area contributed by atoms with Gasteiger partial charge in [0.1, 0.15) is 24.2 Å². The molecule has 2 aromatic heterocycles. The van der Waals surface area contributed by atoms with Crippen molar-refractivity contribution in [2.75, 3.05) is 6.61 Å². The quantitative estimate of drug-likeness (QED) is 0.643. The first-order chi connectivity index (χ1) is 14.6. The van der Waals surface area contributed by atoms with E-state index in [0.717, 1.165) is 29.1 Å². The van der Waals surface area contributed by atoms with Crippen molar-refractivity contribution in [3.05, 3.63) is 64.9 Å². The number of amides is 1. The van der Waals surface area contributed by atoms with Gasteiger partial charge in [0.05, 0.1) is 30.2 Å². The lowest BCUT2D eigenvalue weighted by Gasteiger charge is -2.29. The summed E-state index contributed by atoms with van der Waals surface area (Å²) in [7, 11) is 0. The Kier molecular flexibility index (Phi) is 4.66. The van der Waals surface area contributed by atoms with Gasteiger partial charge in [-0.2, -0.15) is 0 Å². The van der Waals surface area contributed by atoms with Gasteiger partial charge in [-0.3, -0.25) is 4.79 Å². The summed E-state index contributed by atoms with van der Waals surface area (Å²) < 4.78 is 26.1. The molecule has 2 aliphatic heterocycles. The summed E-state index contributed by atoms with van der Waals surface area (Å²) in [4.78, 5) is 18.7. The minimum atomic E-state index is -0.313. The second kappa shape index (κ2) is 7.49. The van der Waals surface area contributed by atoms with E-state index in [1.807, 2.05) is 13.0 Å². The number of hydrogen-bond donors (Lipinski definition) is 0. The van der Waals surface area contributed by atoms with Crippen LogP contribution in [0.25, 0.3) is 5.69 Å². The van der Waals surface area contributed by atoms with Crippen LogP contribution < -0.4 is 4.74 Å². The van der Waals surface area contributed by atoms with Crippen LogP contribution in [0.15, 0.2) is 36.4 Å². The number of aromatic nitrogens is 4. The molecule has 1 aromatic carbocycles. The number of carbonyl (C=O) groups is 1. The molecule has 1 saturated heterocycles. The molecular formula is C21H20FN5O3. The summed E-state index contributed by atoms with van der Waals surface area (Å²) in [5.74, 6) is 0.174. The maximum Gasteiger partial charge on any atom is 0.252 e. The lowest BCUT2D eigenvalue weighted by atomic mass is 10.1. The minimum Gasteiger partial charge on any atom is -0.471 e. The van der Waals surface area contributed by atoms with Crippen LogP contribution in [0.4, 0.5) is 4.39 Å². The monoisotopic (exact) mass is 409 g/mol. The highest BCUT2D eigenvalue weighted by Gasteiger charge is 2.34. The van der Waals surface area contributed by atoms with E-state index >= 15 is 0 Å². The Morgan fingerprint density at radius 3 is 2.77 bits per heavy atom. The summed E-state index contributed by atoms with van der Waals surface area (Å²) in [6, 6.07) is 9.76.